The summed E-state index contributed by atoms with van der Waals surface area (Å²) in [4.78, 5) is 12.6. The van der Waals surface area contributed by atoms with Crippen molar-refractivity contribution >= 4 is 27.8 Å². The van der Waals surface area contributed by atoms with Crippen molar-refractivity contribution in [2.45, 2.75) is 26.3 Å². The van der Waals surface area contributed by atoms with Crippen LogP contribution in [0.4, 0.5) is 0 Å². The number of aromatic amines is 1. The van der Waals surface area contributed by atoms with E-state index < -0.39 is 0 Å². The Balaban J connectivity index is 1.86. The molecule has 0 aliphatic carbocycles. The summed E-state index contributed by atoms with van der Waals surface area (Å²) in [5.41, 5.74) is 3.21. The van der Waals surface area contributed by atoms with Crippen LogP contribution in [0.5, 0.6) is 0 Å². The first kappa shape index (κ1) is 11.8. The summed E-state index contributed by atoms with van der Waals surface area (Å²) in [6, 6.07) is 6.58. The van der Waals surface area contributed by atoms with Gasteiger partial charge >= 0.3 is 0 Å². The van der Waals surface area contributed by atoms with Crippen molar-refractivity contribution in [3.05, 3.63) is 30.1 Å². The molecule has 2 aromatic heterocycles. The largest absolute Gasteiger partial charge is 0.352 e. The molecule has 0 saturated heterocycles. The molecule has 0 radical (unpaired) electrons. The highest BCUT2D eigenvalue weighted by Crippen LogP contribution is 2.27. The van der Waals surface area contributed by atoms with E-state index in [9.17, 15) is 0 Å². The van der Waals surface area contributed by atoms with Crippen LogP contribution in [0.3, 0.4) is 0 Å². The van der Waals surface area contributed by atoms with E-state index in [1.807, 2.05) is 24.0 Å². The fourth-order valence-electron chi connectivity index (χ4n) is 2.30. The number of hydrogen-bond donors (Lipinski definition) is 1. The van der Waals surface area contributed by atoms with E-state index in [0.29, 0.717) is 12.0 Å². The van der Waals surface area contributed by atoms with Crippen LogP contribution < -0.4 is 0 Å². The molecule has 1 atom stereocenters. The van der Waals surface area contributed by atoms with Crippen molar-refractivity contribution in [1.82, 2.24) is 9.97 Å². The van der Waals surface area contributed by atoms with Crippen molar-refractivity contribution < 1.29 is 0 Å². The fraction of sp³-hybridized carbons (Fsp3) is 0.429. The molecule has 94 valence electrons. The highest BCUT2D eigenvalue weighted by atomic mass is 32.2. The minimum absolute atomic E-state index is 0.476. The number of rotatable bonds is 3. The number of H-pyrrole nitrogens is 1. The zero-order valence-corrected chi connectivity index (χ0v) is 11.5. The molecule has 1 unspecified atom stereocenters. The van der Waals surface area contributed by atoms with Crippen molar-refractivity contribution in [2.24, 2.45) is 10.9 Å². The lowest BCUT2D eigenvalue weighted by molar-refractivity contribution is 0.529. The number of hydrogen-bond acceptors (Lipinski definition) is 3. The van der Waals surface area contributed by atoms with Gasteiger partial charge in [-0.3, -0.25) is 9.98 Å². The van der Waals surface area contributed by atoms with Crippen molar-refractivity contribution in [1.29, 1.82) is 0 Å². The summed E-state index contributed by atoms with van der Waals surface area (Å²) in [7, 11) is 0. The van der Waals surface area contributed by atoms with Gasteiger partial charge < -0.3 is 4.98 Å². The Hall–Kier alpha value is -1.29. The maximum Gasteiger partial charge on any atom is 0.114 e. The van der Waals surface area contributed by atoms with E-state index in [4.69, 9.17) is 4.99 Å². The Morgan fingerprint density at radius 3 is 3.17 bits per heavy atom. The number of fused-ring (bicyclic) bond motifs is 1. The molecule has 3 heterocycles. The Morgan fingerprint density at radius 1 is 1.50 bits per heavy atom. The van der Waals surface area contributed by atoms with Gasteiger partial charge in [0.25, 0.3) is 0 Å². The molecule has 1 N–H and O–H groups in total. The first-order chi connectivity index (χ1) is 8.72. The second kappa shape index (κ2) is 4.76. The van der Waals surface area contributed by atoms with E-state index in [1.165, 1.54) is 6.42 Å². The van der Waals surface area contributed by atoms with Gasteiger partial charge in [-0.25, -0.2) is 0 Å². The fourth-order valence-corrected chi connectivity index (χ4v) is 3.35. The minimum Gasteiger partial charge on any atom is -0.352 e. The summed E-state index contributed by atoms with van der Waals surface area (Å²) < 4.78 is 0. The van der Waals surface area contributed by atoms with Crippen molar-refractivity contribution in [3.8, 4) is 0 Å². The molecule has 3 nitrogen and oxygen atoms in total. The maximum absolute atomic E-state index is 4.81. The normalized spacial score (nSPS) is 19.7. The van der Waals surface area contributed by atoms with Crippen LogP contribution in [0.1, 0.15) is 26.0 Å². The Bertz CT molecular complexity index is 552. The average molecular weight is 259 g/mol. The molecule has 1 aliphatic rings. The van der Waals surface area contributed by atoms with Gasteiger partial charge in [-0.05, 0) is 30.5 Å². The molecular weight excluding hydrogens is 242 g/mol. The van der Waals surface area contributed by atoms with Gasteiger partial charge in [0, 0.05) is 11.9 Å². The predicted octanol–water partition coefficient (Wildman–Crippen LogP) is 3.47. The molecule has 18 heavy (non-hydrogen) atoms. The number of nitrogens with one attached hydrogen (secondary N) is 1. The van der Waals surface area contributed by atoms with Gasteiger partial charge in [0.15, 0.2) is 0 Å². The Labute approximate surface area is 111 Å². The van der Waals surface area contributed by atoms with Crippen molar-refractivity contribution in [3.63, 3.8) is 0 Å². The van der Waals surface area contributed by atoms with Crippen LogP contribution >= 0.6 is 11.8 Å². The van der Waals surface area contributed by atoms with E-state index in [-0.39, 0.29) is 0 Å². The summed E-state index contributed by atoms with van der Waals surface area (Å²) in [6.07, 6.45) is 3.00. The first-order valence-electron chi connectivity index (χ1n) is 6.37. The number of nitrogens with zero attached hydrogens (tertiary/aromatic N) is 2. The summed E-state index contributed by atoms with van der Waals surface area (Å²) >= 11 is 1.85. The van der Waals surface area contributed by atoms with Crippen LogP contribution in [0.15, 0.2) is 29.4 Å². The lowest BCUT2D eigenvalue weighted by Gasteiger charge is -2.07. The number of aliphatic imine (C=N–C) groups is 1. The topological polar surface area (TPSA) is 41.0 Å². The molecule has 4 heteroatoms. The van der Waals surface area contributed by atoms with Crippen LogP contribution in [0.25, 0.3) is 11.0 Å². The lowest BCUT2D eigenvalue weighted by atomic mass is 10.1. The smallest absolute Gasteiger partial charge is 0.114 e. The second-order valence-corrected chi connectivity index (χ2v) is 6.16. The third kappa shape index (κ3) is 2.29. The van der Waals surface area contributed by atoms with Gasteiger partial charge in [0.05, 0.1) is 22.8 Å². The Morgan fingerprint density at radius 2 is 2.39 bits per heavy atom. The van der Waals surface area contributed by atoms with Crippen LogP contribution in [-0.4, -0.2) is 26.8 Å². The molecular formula is C14H17N3S. The van der Waals surface area contributed by atoms with Gasteiger partial charge in [-0.15, -0.1) is 11.8 Å². The van der Waals surface area contributed by atoms with Gasteiger partial charge in [-0.1, -0.05) is 13.8 Å². The van der Waals surface area contributed by atoms with Crippen LogP contribution in [0.2, 0.25) is 0 Å². The molecule has 0 spiro atoms. The highest BCUT2D eigenvalue weighted by Gasteiger charge is 2.21. The van der Waals surface area contributed by atoms with Gasteiger partial charge in [-0.2, -0.15) is 0 Å². The zero-order valence-electron chi connectivity index (χ0n) is 10.7. The number of aromatic nitrogens is 2. The molecule has 2 aromatic rings. The van der Waals surface area contributed by atoms with E-state index in [1.54, 1.807) is 0 Å². The predicted molar refractivity (Wildman–Crippen MR) is 78.3 cm³/mol. The highest BCUT2D eigenvalue weighted by molar-refractivity contribution is 8.14. The first-order valence-corrected chi connectivity index (χ1v) is 7.35. The molecule has 0 aromatic carbocycles. The Kier molecular flexibility index (Phi) is 3.12. The van der Waals surface area contributed by atoms with E-state index in [0.717, 1.165) is 27.5 Å². The summed E-state index contributed by atoms with van der Waals surface area (Å²) in [6.45, 7) is 4.51. The van der Waals surface area contributed by atoms with Crippen LogP contribution in [-0.2, 0) is 0 Å². The summed E-state index contributed by atoms with van der Waals surface area (Å²) in [5.74, 6) is 1.82. The quantitative estimate of drug-likeness (QED) is 0.917. The van der Waals surface area contributed by atoms with Crippen molar-refractivity contribution in [2.75, 3.05) is 5.75 Å². The summed E-state index contributed by atoms with van der Waals surface area (Å²) in [5, 5.41) is 1.14. The third-order valence-corrected chi connectivity index (χ3v) is 4.23. The van der Waals surface area contributed by atoms with Gasteiger partial charge in [0.1, 0.15) is 5.04 Å². The third-order valence-electron chi connectivity index (χ3n) is 3.08. The number of thioether (sulfide) groups is 1. The molecule has 0 fully saturated rings. The van der Waals surface area contributed by atoms with E-state index >= 15 is 0 Å². The molecule has 0 saturated carbocycles. The van der Waals surface area contributed by atoms with Gasteiger partial charge in [0.2, 0.25) is 0 Å². The maximum atomic E-state index is 4.81. The molecule has 0 amide bonds. The minimum atomic E-state index is 0.476. The zero-order chi connectivity index (χ0) is 12.5. The molecule has 1 aliphatic heterocycles. The SMILES string of the molecule is CC(C)CC1CSC(c2cc3ncccc3[nH]2)=N1. The second-order valence-electron chi connectivity index (χ2n) is 5.15. The van der Waals surface area contributed by atoms with Crippen LogP contribution in [0, 0.1) is 5.92 Å². The monoisotopic (exact) mass is 259 g/mol. The molecule has 3 rings (SSSR count). The number of pyridine rings is 1. The molecule has 0 bridgehead atoms. The average Bonchev–Trinajstić information content (AvgIpc) is 2.93. The van der Waals surface area contributed by atoms with E-state index in [2.05, 4.69) is 35.9 Å². The standard InChI is InChI=1S/C14H17N3S/c1-9(2)6-10-8-18-14(16-10)13-7-12-11(17-13)4-3-5-15-12/h3-5,7,9-10,17H,6,8H2,1-2H3. The lowest BCUT2D eigenvalue weighted by Crippen LogP contribution is -2.07.